The van der Waals surface area contributed by atoms with Crippen molar-refractivity contribution in [3.63, 3.8) is 0 Å². The second-order valence-electron chi connectivity index (χ2n) is 11.2. The van der Waals surface area contributed by atoms with E-state index in [0.29, 0.717) is 42.0 Å². The van der Waals surface area contributed by atoms with E-state index in [-0.39, 0.29) is 24.4 Å². The van der Waals surface area contributed by atoms with Crippen molar-refractivity contribution in [2.45, 2.75) is 44.4 Å². The zero-order chi connectivity index (χ0) is 28.1. The summed E-state index contributed by atoms with van der Waals surface area (Å²) in [7, 11) is 0. The Morgan fingerprint density at radius 2 is 1.85 bits per heavy atom. The number of hydrogen-bond acceptors (Lipinski definition) is 8. The third kappa shape index (κ3) is 4.77. The van der Waals surface area contributed by atoms with Crippen LogP contribution in [0.5, 0.6) is 0 Å². The van der Waals surface area contributed by atoms with Crippen molar-refractivity contribution in [3.05, 3.63) is 59.8 Å². The minimum Gasteiger partial charge on any atom is -0.395 e. The molecule has 2 aromatic carbocycles. The smallest absolute Gasteiger partial charge is 0.324 e. The van der Waals surface area contributed by atoms with Gasteiger partial charge >= 0.3 is 6.03 Å². The molecule has 0 spiro atoms. The molecule has 1 aliphatic carbocycles. The Kier molecular flexibility index (Phi) is 6.53. The fraction of sp³-hybridized carbons (Fsp3) is 0.433. The average Bonchev–Trinajstić information content (AvgIpc) is 3.61. The van der Waals surface area contributed by atoms with E-state index >= 15 is 4.39 Å². The summed E-state index contributed by atoms with van der Waals surface area (Å²) in [5.74, 6) is 2.62. The molecule has 2 amide bonds. The molecule has 1 saturated carbocycles. The Morgan fingerprint density at radius 3 is 2.61 bits per heavy atom. The fourth-order valence-electron chi connectivity index (χ4n) is 6.11. The molecule has 3 aliphatic rings. The number of aryl methyl sites for hydroxylation is 1. The molecule has 212 valence electrons. The van der Waals surface area contributed by atoms with Gasteiger partial charge in [0.15, 0.2) is 5.82 Å². The normalized spacial score (nSPS) is 18.2. The number of anilines is 2. The van der Waals surface area contributed by atoms with Crippen molar-refractivity contribution in [2.75, 3.05) is 49.1 Å². The summed E-state index contributed by atoms with van der Waals surface area (Å²) < 4.78 is 20.6. The molecule has 41 heavy (non-hydrogen) atoms. The number of β-amino-alcohol motifs (C(OH)–C–C–N with tert-alkyl or cyclic N) is 1. The van der Waals surface area contributed by atoms with Crippen LogP contribution in [-0.2, 0) is 0 Å². The molecular weight excluding hydrogens is 525 g/mol. The number of rotatable bonds is 7. The quantitative estimate of drug-likeness (QED) is 0.350. The maximum absolute atomic E-state index is 15.1. The molecule has 4 aromatic rings. The van der Waals surface area contributed by atoms with Gasteiger partial charge < -0.3 is 19.4 Å². The molecule has 0 atom stereocenters. The van der Waals surface area contributed by atoms with E-state index in [4.69, 9.17) is 4.52 Å². The largest absolute Gasteiger partial charge is 0.395 e. The molecule has 7 rings (SSSR count). The summed E-state index contributed by atoms with van der Waals surface area (Å²) in [4.78, 5) is 32.2. The highest BCUT2D eigenvalue weighted by Gasteiger charge is 2.33. The number of halogens is 1. The minimum absolute atomic E-state index is 0.0635. The number of fused-ring (bicyclic) bond motifs is 1. The number of aliphatic hydroxyl groups is 1. The van der Waals surface area contributed by atoms with Crippen LogP contribution >= 0.6 is 0 Å². The van der Waals surface area contributed by atoms with Gasteiger partial charge in [-0.05, 0) is 68.0 Å². The number of urea groups is 1. The average molecular weight is 558 g/mol. The lowest BCUT2D eigenvalue weighted by atomic mass is 9.95. The van der Waals surface area contributed by atoms with Crippen molar-refractivity contribution < 1.29 is 18.8 Å². The summed E-state index contributed by atoms with van der Waals surface area (Å²) in [6.45, 7) is 4.84. The minimum atomic E-state index is -0.353. The van der Waals surface area contributed by atoms with Crippen LogP contribution in [0.1, 0.15) is 54.8 Å². The highest BCUT2D eigenvalue weighted by Crippen LogP contribution is 2.40. The Labute approximate surface area is 236 Å². The zero-order valence-corrected chi connectivity index (χ0v) is 23.0. The molecule has 3 fully saturated rings. The molecule has 2 aromatic heterocycles. The van der Waals surface area contributed by atoms with Crippen LogP contribution in [0, 0.1) is 12.7 Å². The third-order valence-electron chi connectivity index (χ3n) is 8.49. The molecule has 0 radical (unpaired) electrons. The lowest BCUT2D eigenvalue weighted by Gasteiger charge is -2.32. The summed E-state index contributed by atoms with van der Waals surface area (Å²) in [5.41, 5.74) is 3.90. The lowest BCUT2D eigenvalue weighted by molar-refractivity contribution is 0.199. The van der Waals surface area contributed by atoms with Crippen LogP contribution < -0.4 is 9.80 Å². The number of carbonyl (C=O) groups excluding carboxylic acids is 1. The number of hydrogen-bond donors (Lipinski definition) is 1. The molecular formula is C30H32FN7O3. The van der Waals surface area contributed by atoms with E-state index in [1.165, 1.54) is 12.1 Å². The van der Waals surface area contributed by atoms with Gasteiger partial charge in [-0.3, -0.25) is 4.90 Å². The molecule has 4 heterocycles. The molecule has 1 N–H and O–H groups in total. The molecule has 11 heteroatoms. The van der Waals surface area contributed by atoms with E-state index in [1.807, 2.05) is 25.1 Å². The van der Waals surface area contributed by atoms with Crippen LogP contribution in [0.25, 0.3) is 22.0 Å². The van der Waals surface area contributed by atoms with Crippen molar-refractivity contribution in [3.8, 4) is 11.1 Å². The summed E-state index contributed by atoms with van der Waals surface area (Å²) in [6.07, 6.45) is 5.54. The number of piperidine rings is 1. The molecule has 0 bridgehead atoms. The van der Waals surface area contributed by atoms with Crippen LogP contribution in [-0.4, -0.2) is 75.5 Å². The van der Waals surface area contributed by atoms with Gasteiger partial charge in [0.1, 0.15) is 18.0 Å². The van der Waals surface area contributed by atoms with Gasteiger partial charge in [-0.15, -0.1) is 0 Å². The van der Waals surface area contributed by atoms with Gasteiger partial charge in [0.2, 0.25) is 5.89 Å². The zero-order valence-electron chi connectivity index (χ0n) is 23.0. The Bertz CT molecular complexity index is 1610. The van der Waals surface area contributed by atoms with Crippen molar-refractivity contribution in [1.29, 1.82) is 0 Å². The van der Waals surface area contributed by atoms with E-state index in [9.17, 15) is 9.90 Å². The van der Waals surface area contributed by atoms with E-state index in [1.54, 1.807) is 16.1 Å². The van der Waals surface area contributed by atoms with Gasteiger partial charge in [-0.25, -0.2) is 19.2 Å². The SMILES string of the molecule is Cc1cc(-c2cc(F)cc3c(N4CCC(c5noc(C6CC6)n5)CC4)ncnc23)ccc1N1CCN(CCO)C1=O. The first kappa shape index (κ1) is 25.8. The fourth-order valence-corrected chi connectivity index (χ4v) is 6.11. The van der Waals surface area contributed by atoms with Gasteiger partial charge in [0.25, 0.3) is 0 Å². The molecule has 0 unspecified atom stereocenters. The molecule has 10 nitrogen and oxygen atoms in total. The second-order valence-corrected chi connectivity index (χ2v) is 11.2. The first-order valence-electron chi connectivity index (χ1n) is 14.3. The van der Waals surface area contributed by atoms with Crippen molar-refractivity contribution in [1.82, 2.24) is 25.0 Å². The topological polar surface area (TPSA) is 112 Å². The second kappa shape index (κ2) is 10.4. The number of amides is 2. The van der Waals surface area contributed by atoms with Crippen molar-refractivity contribution >= 4 is 28.4 Å². The van der Waals surface area contributed by atoms with E-state index in [2.05, 4.69) is 25.0 Å². The standard InChI is InChI=1S/C30H32FN7O3/c1-18-14-21(4-5-25(18)38-11-10-37(12-13-39)30(38)40)23-15-22(31)16-24-26(23)32-17-33-28(24)36-8-6-19(7-9-36)27-34-29(41-35-27)20-2-3-20/h4-5,14-17,19-20,39H,2-3,6-13H2,1H3. The first-order valence-corrected chi connectivity index (χ1v) is 14.3. The third-order valence-corrected chi connectivity index (χ3v) is 8.49. The predicted octanol–water partition coefficient (Wildman–Crippen LogP) is 4.62. The predicted molar refractivity (Wildman–Crippen MR) is 152 cm³/mol. The maximum Gasteiger partial charge on any atom is 0.324 e. The Morgan fingerprint density at radius 1 is 1.02 bits per heavy atom. The number of benzene rings is 2. The van der Waals surface area contributed by atoms with E-state index < -0.39 is 0 Å². The number of aromatic nitrogens is 4. The number of nitrogens with zero attached hydrogens (tertiary/aromatic N) is 7. The number of carbonyl (C=O) groups is 1. The van der Waals surface area contributed by atoms with Gasteiger partial charge in [0.05, 0.1) is 12.1 Å². The van der Waals surface area contributed by atoms with Gasteiger partial charge in [-0.2, -0.15) is 4.98 Å². The molecule has 2 saturated heterocycles. The Balaban J connectivity index is 1.15. The highest BCUT2D eigenvalue weighted by molar-refractivity contribution is 6.00. The summed E-state index contributed by atoms with van der Waals surface area (Å²) >= 11 is 0. The first-order chi connectivity index (χ1) is 20.0. The van der Waals surface area contributed by atoms with Crippen LogP contribution in [0.15, 0.2) is 41.2 Å². The maximum atomic E-state index is 15.1. The Hall–Kier alpha value is -4.12. The van der Waals surface area contributed by atoms with Crippen molar-refractivity contribution in [2.24, 2.45) is 0 Å². The van der Waals surface area contributed by atoms with Gasteiger partial charge in [0, 0.05) is 61.2 Å². The monoisotopic (exact) mass is 557 g/mol. The molecule has 2 aliphatic heterocycles. The van der Waals surface area contributed by atoms with Crippen LogP contribution in [0.4, 0.5) is 20.7 Å². The van der Waals surface area contributed by atoms with E-state index in [0.717, 1.165) is 73.1 Å². The number of aliphatic hydroxyl groups excluding tert-OH is 1. The summed E-state index contributed by atoms with van der Waals surface area (Å²) in [6, 6.07) is 8.70. The lowest BCUT2D eigenvalue weighted by Crippen LogP contribution is -2.34. The highest BCUT2D eigenvalue weighted by atomic mass is 19.1. The van der Waals surface area contributed by atoms with Crippen LogP contribution in [0.3, 0.4) is 0 Å². The van der Waals surface area contributed by atoms with Crippen LogP contribution in [0.2, 0.25) is 0 Å². The van der Waals surface area contributed by atoms with Gasteiger partial charge in [-0.1, -0.05) is 11.2 Å². The summed E-state index contributed by atoms with van der Waals surface area (Å²) in [5, 5.41) is 14.2.